The van der Waals surface area contributed by atoms with Gasteiger partial charge in [-0.25, -0.2) is 13.9 Å². The second-order valence-electron chi connectivity index (χ2n) is 7.23. The second-order valence-corrected chi connectivity index (χ2v) is 7.23. The Morgan fingerprint density at radius 3 is 2.50 bits per heavy atom. The van der Waals surface area contributed by atoms with Crippen molar-refractivity contribution in [3.63, 3.8) is 0 Å². The number of fused-ring (bicyclic) bond motifs is 2. The minimum Gasteiger partial charge on any atom is -0.294 e. The fraction of sp³-hybridized carbons (Fsp3) is 0.182. The third-order valence-corrected chi connectivity index (χ3v) is 5.23. The molecule has 5 nitrogen and oxygen atoms in total. The van der Waals surface area contributed by atoms with Crippen LogP contribution in [0.2, 0.25) is 0 Å². The lowest BCUT2D eigenvalue weighted by Crippen LogP contribution is -2.21. The number of rotatable bonds is 2. The zero-order valence-electron chi connectivity index (χ0n) is 15.3. The van der Waals surface area contributed by atoms with Crippen molar-refractivity contribution in [1.82, 2.24) is 19.6 Å². The third kappa shape index (κ3) is 2.87. The Bertz CT molecular complexity index is 1200. The lowest BCUT2D eigenvalue weighted by Gasteiger charge is -2.23. The summed E-state index contributed by atoms with van der Waals surface area (Å²) in [6, 6.07) is 14.3. The number of aromatic nitrogens is 4. The van der Waals surface area contributed by atoms with E-state index < -0.39 is 0 Å². The number of hydrogen-bond donors (Lipinski definition) is 0. The van der Waals surface area contributed by atoms with Crippen LogP contribution in [0, 0.1) is 12.7 Å². The van der Waals surface area contributed by atoms with Crippen molar-refractivity contribution in [2.75, 3.05) is 0 Å². The quantitative estimate of drug-likeness (QED) is 0.530. The number of carbonyl (C=O) groups is 1. The Kier molecular flexibility index (Phi) is 3.79. The number of halogens is 1. The summed E-state index contributed by atoms with van der Waals surface area (Å²) in [7, 11) is 0. The molecule has 0 amide bonds. The van der Waals surface area contributed by atoms with Gasteiger partial charge < -0.3 is 0 Å². The number of hydrogen-bond acceptors (Lipinski definition) is 4. The summed E-state index contributed by atoms with van der Waals surface area (Å²) in [6.45, 7) is 2.03. The van der Waals surface area contributed by atoms with Gasteiger partial charge in [-0.1, -0.05) is 42.0 Å². The number of nitrogens with zero attached hydrogens (tertiary/aromatic N) is 4. The Morgan fingerprint density at radius 1 is 1.00 bits per heavy atom. The van der Waals surface area contributed by atoms with Gasteiger partial charge in [0.05, 0.1) is 11.3 Å². The monoisotopic (exact) mass is 372 g/mol. The van der Waals surface area contributed by atoms with E-state index in [1.54, 1.807) is 22.8 Å². The van der Waals surface area contributed by atoms with E-state index in [-0.39, 0.29) is 17.5 Å². The molecule has 0 saturated heterocycles. The van der Waals surface area contributed by atoms with Gasteiger partial charge in [-0.05, 0) is 37.0 Å². The summed E-state index contributed by atoms with van der Waals surface area (Å²) in [4.78, 5) is 21.9. The first kappa shape index (κ1) is 16.7. The molecular weight excluding hydrogens is 355 g/mol. The molecular formula is C22H17FN4O. The van der Waals surface area contributed by atoms with Crippen LogP contribution in [0.15, 0.2) is 54.7 Å². The summed E-state index contributed by atoms with van der Waals surface area (Å²) >= 11 is 0. The van der Waals surface area contributed by atoms with Crippen LogP contribution < -0.4 is 0 Å². The van der Waals surface area contributed by atoms with Crippen LogP contribution in [-0.4, -0.2) is 25.4 Å². The second kappa shape index (κ2) is 6.34. The lowest BCUT2D eigenvalue weighted by atomic mass is 9.82. The van der Waals surface area contributed by atoms with Crippen molar-refractivity contribution in [3.05, 3.63) is 82.9 Å². The topological polar surface area (TPSA) is 60.1 Å². The van der Waals surface area contributed by atoms with Gasteiger partial charge in [-0.2, -0.15) is 4.98 Å². The van der Waals surface area contributed by atoms with E-state index in [0.717, 1.165) is 16.8 Å². The predicted octanol–water partition coefficient (Wildman–Crippen LogP) is 4.15. The van der Waals surface area contributed by atoms with Gasteiger partial charge in [-0.15, -0.1) is 5.10 Å². The van der Waals surface area contributed by atoms with Crippen molar-refractivity contribution in [3.8, 4) is 11.4 Å². The van der Waals surface area contributed by atoms with Crippen molar-refractivity contribution >= 4 is 11.6 Å². The van der Waals surface area contributed by atoms with Crippen molar-refractivity contribution < 1.29 is 9.18 Å². The summed E-state index contributed by atoms with van der Waals surface area (Å²) in [5.41, 5.74) is 4.33. The van der Waals surface area contributed by atoms with Gasteiger partial charge in [0.2, 0.25) is 0 Å². The molecule has 1 aliphatic rings. The van der Waals surface area contributed by atoms with Crippen molar-refractivity contribution in [2.24, 2.45) is 0 Å². The van der Waals surface area contributed by atoms with E-state index in [9.17, 15) is 9.18 Å². The molecule has 0 spiro atoms. The molecule has 1 aliphatic carbocycles. The maximum atomic E-state index is 13.2. The van der Waals surface area contributed by atoms with E-state index in [2.05, 4.69) is 15.1 Å². The Labute approximate surface area is 160 Å². The first-order chi connectivity index (χ1) is 13.6. The summed E-state index contributed by atoms with van der Waals surface area (Å²) in [5.74, 6) is 0.796. The maximum Gasteiger partial charge on any atom is 0.252 e. The average molecular weight is 372 g/mol. The summed E-state index contributed by atoms with van der Waals surface area (Å²) in [5, 5.41) is 4.49. The Balaban J connectivity index is 1.53. The van der Waals surface area contributed by atoms with Crippen molar-refractivity contribution in [1.29, 1.82) is 0 Å². The van der Waals surface area contributed by atoms with Gasteiger partial charge in [0, 0.05) is 18.2 Å². The molecule has 28 heavy (non-hydrogen) atoms. The van der Waals surface area contributed by atoms with Crippen LogP contribution in [0.25, 0.3) is 17.2 Å². The first-order valence-electron chi connectivity index (χ1n) is 9.19. The molecule has 2 aromatic carbocycles. The molecule has 0 radical (unpaired) electrons. The van der Waals surface area contributed by atoms with E-state index in [1.165, 1.54) is 17.7 Å². The highest BCUT2D eigenvalue weighted by Crippen LogP contribution is 2.32. The molecule has 2 heterocycles. The fourth-order valence-electron chi connectivity index (χ4n) is 3.68. The normalized spacial score (nSPS) is 16.4. The predicted molar refractivity (Wildman–Crippen MR) is 103 cm³/mol. The first-order valence-corrected chi connectivity index (χ1v) is 9.19. The molecule has 1 atom stereocenters. The summed E-state index contributed by atoms with van der Waals surface area (Å²) < 4.78 is 14.8. The molecule has 0 fully saturated rings. The Morgan fingerprint density at radius 2 is 1.75 bits per heavy atom. The fourth-order valence-corrected chi connectivity index (χ4v) is 3.68. The molecule has 0 unspecified atom stereocenters. The number of carbonyl (C=O) groups excluding carboxylic acids is 1. The highest BCUT2D eigenvalue weighted by molar-refractivity contribution is 5.98. The van der Waals surface area contributed by atoms with Crippen LogP contribution in [0.4, 0.5) is 4.39 Å². The van der Waals surface area contributed by atoms with Gasteiger partial charge >= 0.3 is 0 Å². The van der Waals surface area contributed by atoms with Gasteiger partial charge in [-0.3, -0.25) is 4.79 Å². The zero-order chi connectivity index (χ0) is 19.3. The van der Waals surface area contributed by atoms with Crippen LogP contribution in [-0.2, 0) is 6.42 Å². The van der Waals surface area contributed by atoms with Crippen LogP contribution in [0.1, 0.15) is 39.5 Å². The van der Waals surface area contributed by atoms with Crippen LogP contribution in [0.5, 0.6) is 0 Å². The number of benzene rings is 2. The molecule has 138 valence electrons. The van der Waals surface area contributed by atoms with Crippen LogP contribution in [0.3, 0.4) is 0 Å². The molecule has 6 heteroatoms. The van der Waals surface area contributed by atoms with Gasteiger partial charge in [0.15, 0.2) is 11.6 Å². The minimum absolute atomic E-state index is 0.00459. The molecule has 0 saturated carbocycles. The van der Waals surface area contributed by atoms with Gasteiger partial charge in [0.25, 0.3) is 5.78 Å². The van der Waals surface area contributed by atoms with Crippen LogP contribution >= 0.6 is 0 Å². The van der Waals surface area contributed by atoms with E-state index in [4.69, 9.17) is 0 Å². The number of aryl methyl sites for hydroxylation is 1. The smallest absolute Gasteiger partial charge is 0.252 e. The van der Waals surface area contributed by atoms with E-state index in [1.807, 2.05) is 31.2 Å². The maximum absolute atomic E-state index is 13.2. The Hall–Kier alpha value is -3.41. The summed E-state index contributed by atoms with van der Waals surface area (Å²) in [6.07, 6.45) is 2.73. The number of Topliss-reactive ketones (excluding diaryl/α,β-unsaturated/α-hetero) is 1. The largest absolute Gasteiger partial charge is 0.294 e. The molecule has 2 aromatic heterocycles. The highest BCUT2D eigenvalue weighted by Gasteiger charge is 2.28. The third-order valence-electron chi connectivity index (χ3n) is 5.23. The average Bonchev–Trinajstić information content (AvgIpc) is 3.10. The lowest BCUT2D eigenvalue weighted by molar-refractivity contribution is 0.0962. The molecule has 0 N–H and O–H groups in total. The number of ketones is 1. The van der Waals surface area contributed by atoms with E-state index >= 15 is 0 Å². The molecule has 4 aromatic rings. The highest BCUT2D eigenvalue weighted by atomic mass is 19.1. The van der Waals surface area contributed by atoms with E-state index in [0.29, 0.717) is 30.0 Å². The molecule has 5 rings (SSSR count). The van der Waals surface area contributed by atoms with Crippen molar-refractivity contribution in [2.45, 2.75) is 25.7 Å². The zero-order valence-corrected chi connectivity index (χ0v) is 15.3. The van der Waals surface area contributed by atoms with Gasteiger partial charge in [0.1, 0.15) is 5.82 Å². The molecule has 0 bridgehead atoms. The SMILES string of the molecule is Cc1ccc(-c2nc3nc4c(cn3n2)C(=O)C[C@@H](c2ccc(F)cc2)C4)cc1. The minimum atomic E-state index is -0.279. The molecule has 0 aliphatic heterocycles. The standard InChI is InChI=1S/C22H17FN4O/c1-13-2-4-15(5-3-13)21-25-22-24-19-10-16(14-6-8-17(23)9-7-14)11-20(28)18(19)12-27(22)26-21/h2-9,12,16H,10-11H2,1H3/t16-/m0/s1.